The first-order chi connectivity index (χ1) is 16.7. The van der Waals surface area contributed by atoms with E-state index in [4.69, 9.17) is 4.74 Å². The molecular weight excluding hydrogens is 455 g/mol. The van der Waals surface area contributed by atoms with E-state index in [0.717, 1.165) is 47.0 Å². The van der Waals surface area contributed by atoms with Gasteiger partial charge in [-0.3, -0.25) is 4.79 Å². The van der Waals surface area contributed by atoms with Crippen molar-refractivity contribution >= 4 is 28.3 Å². The van der Waals surface area contributed by atoms with Gasteiger partial charge in [-0.05, 0) is 81.0 Å². The van der Waals surface area contributed by atoms with Crippen molar-refractivity contribution in [2.45, 2.75) is 52.3 Å². The van der Waals surface area contributed by atoms with Gasteiger partial charge in [0.15, 0.2) is 0 Å². The van der Waals surface area contributed by atoms with Gasteiger partial charge in [-0.2, -0.15) is 13.2 Å². The van der Waals surface area contributed by atoms with E-state index in [1.807, 2.05) is 25.1 Å². The van der Waals surface area contributed by atoms with Crippen LogP contribution in [0.25, 0.3) is 16.5 Å². The Labute approximate surface area is 202 Å². The number of carbonyl (C=O) groups excluding carboxylic acids is 1. The Morgan fingerprint density at radius 2 is 2.00 bits per heavy atom. The molecule has 0 bridgehead atoms. The van der Waals surface area contributed by atoms with Gasteiger partial charge in [-0.25, -0.2) is 9.97 Å². The van der Waals surface area contributed by atoms with E-state index >= 15 is 0 Å². The van der Waals surface area contributed by atoms with Gasteiger partial charge in [0.25, 0.3) is 0 Å². The number of rotatable bonds is 6. The topological polar surface area (TPSA) is 64.1 Å². The fraction of sp³-hybridized carbons (Fsp3) is 0.370. The van der Waals surface area contributed by atoms with Gasteiger partial charge >= 0.3 is 12.1 Å². The van der Waals surface area contributed by atoms with Gasteiger partial charge in [0.1, 0.15) is 11.6 Å². The smallest absolute Gasteiger partial charge is 0.416 e. The van der Waals surface area contributed by atoms with E-state index in [2.05, 4.69) is 21.4 Å². The Bertz CT molecular complexity index is 1270. The Morgan fingerprint density at radius 3 is 2.69 bits per heavy atom. The number of esters is 1. The summed E-state index contributed by atoms with van der Waals surface area (Å²) in [5.74, 6) is 0.870. The van der Waals surface area contributed by atoms with Crippen molar-refractivity contribution in [3.05, 3.63) is 71.1 Å². The number of allylic oxidation sites excluding steroid dienone is 2. The largest absolute Gasteiger partial charge is 0.466 e. The first kappa shape index (κ1) is 24.7. The monoisotopic (exact) mass is 483 g/mol. The maximum absolute atomic E-state index is 13.2. The SMILES string of the molecule is CCOC(=O)C1CC=C(c2ccc3nc(C)nc(N[C@H](C)c4cccc(C(F)(F)F)c4)c3c2)CC1. The summed E-state index contributed by atoms with van der Waals surface area (Å²) in [6.07, 6.45) is -0.202. The van der Waals surface area contributed by atoms with Crippen LogP contribution in [-0.4, -0.2) is 22.5 Å². The zero-order chi connectivity index (χ0) is 25.2. The molecule has 0 aliphatic heterocycles. The summed E-state index contributed by atoms with van der Waals surface area (Å²) in [7, 11) is 0. The molecule has 1 N–H and O–H groups in total. The average molecular weight is 484 g/mol. The quantitative estimate of drug-likeness (QED) is 0.387. The molecule has 0 saturated carbocycles. The second-order valence-corrected chi connectivity index (χ2v) is 8.79. The zero-order valence-electron chi connectivity index (χ0n) is 19.9. The second kappa shape index (κ2) is 10.1. The molecule has 0 spiro atoms. The minimum absolute atomic E-state index is 0.115. The predicted octanol–water partition coefficient (Wildman–Crippen LogP) is 6.88. The average Bonchev–Trinajstić information content (AvgIpc) is 2.83. The van der Waals surface area contributed by atoms with Crippen LogP contribution in [0.2, 0.25) is 0 Å². The number of carbonyl (C=O) groups is 1. The normalized spacial score (nSPS) is 17.1. The van der Waals surface area contributed by atoms with Gasteiger partial charge < -0.3 is 10.1 Å². The first-order valence-electron chi connectivity index (χ1n) is 11.7. The number of nitrogens with zero attached hydrogens (tertiary/aromatic N) is 2. The van der Waals surface area contributed by atoms with Crippen molar-refractivity contribution in [1.82, 2.24) is 9.97 Å². The third-order valence-electron chi connectivity index (χ3n) is 6.28. The molecule has 0 radical (unpaired) electrons. The maximum atomic E-state index is 13.2. The van der Waals surface area contributed by atoms with Crippen LogP contribution in [0.1, 0.15) is 61.7 Å². The molecule has 0 saturated heterocycles. The lowest BCUT2D eigenvalue weighted by molar-refractivity contribution is -0.148. The Hall–Kier alpha value is -3.42. The van der Waals surface area contributed by atoms with Crippen LogP contribution < -0.4 is 5.32 Å². The third-order valence-corrected chi connectivity index (χ3v) is 6.28. The lowest BCUT2D eigenvalue weighted by Crippen LogP contribution is -2.19. The van der Waals surface area contributed by atoms with E-state index < -0.39 is 17.8 Å². The van der Waals surface area contributed by atoms with Crippen molar-refractivity contribution < 1.29 is 22.7 Å². The zero-order valence-corrected chi connectivity index (χ0v) is 19.9. The molecule has 35 heavy (non-hydrogen) atoms. The second-order valence-electron chi connectivity index (χ2n) is 8.79. The molecule has 1 aromatic heterocycles. The van der Waals surface area contributed by atoms with Gasteiger partial charge in [-0.1, -0.05) is 24.3 Å². The molecule has 1 aliphatic carbocycles. The summed E-state index contributed by atoms with van der Waals surface area (Å²) in [4.78, 5) is 21.1. The highest BCUT2D eigenvalue weighted by atomic mass is 19.4. The minimum atomic E-state index is -4.40. The van der Waals surface area contributed by atoms with E-state index in [9.17, 15) is 18.0 Å². The van der Waals surface area contributed by atoms with Gasteiger partial charge in [-0.15, -0.1) is 0 Å². The lowest BCUT2D eigenvalue weighted by Gasteiger charge is -2.21. The summed E-state index contributed by atoms with van der Waals surface area (Å²) in [6, 6.07) is 10.8. The van der Waals surface area contributed by atoms with Crippen molar-refractivity contribution in [1.29, 1.82) is 0 Å². The fourth-order valence-electron chi connectivity index (χ4n) is 4.40. The van der Waals surface area contributed by atoms with Crippen molar-refractivity contribution in [2.24, 2.45) is 5.92 Å². The van der Waals surface area contributed by atoms with Crippen molar-refractivity contribution in [3.63, 3.8) is 0 Å². The summed E-state index contributed by atoms with van der Waals surface area (Å²) in [5, 5.41) is 4.08. The van der Waals surface area contributed by atoms with Crippen molar-refractivity contribution in [2.75, 3.05) is 11.9 Å². The molecule has 4 rings (SSSR count). The van der Waals surface area contributed by atoms with E-state index in [-0.39, 0.29) is 11.9 Å². The molecule has 0 amide bonds. The Balaban J connectivity index is 1.62. The standard InChI is InChI=1S/C27H28F3N3O2/c1-4-35-26(34)19-10-8-18(9-11-19)21-12-13-24-23(15-21)25(33-17(3)32-24)31-16(2)20-6-5-7-22(14-20)27(28,29)30/h5-8,12-16,19H,4,9-11H2,1-3H3,(H,31,32,33)/t16-,19?/m1/s1. The molecule has 2 aromatic carbocycles. The van der Waals surface area contributed by atoms with Gasteiger partial charge in [0, 0.05) is 11.4 Å². The van der Waals surface area contributed by atoms with Crippen LogP contribution in [0.3, 0.4) is 0 Å². The van der Waals surface area contributed by atoms with Crippen LogP contribution in [-0.2, 0) is 15.7 Å². The number of benzene rings is 2. The Morgan fingerprint density at radius 1 is 1.20 bits per heavy atom. The molecule has 1 unspecified atom stereocenters. The molecule has 8 heteroatoms. The third kappa shape index (κ3) is 5.63. The summed E-state index contributed by atoms with van der Waals surface area (Å²) in [5.41, 5.74) is 2.74. The number of hydrogen-bond acceptors (Lipinski definition) is 5. The summed E-state index contributed by atoms with van der Waals surface area (Å²) in [6.45, 7) is 5.78. The minimum Gasteiger partial charge on any atom is -0.466 e. The number of halogens is 3. The molecular formula is C27H28F3N3O2. The van der Waals surface area contributed by atoms with Gasteiger partial charge in [0.05, 0.1) is 23.6 Å². The first-order valence-corrected chi connectivity index (χ1v) is 11.7. The molecule has 0 fully saturated rings. The molecule has 3 aromatic rings. The lowest BCUT2D eigenvalue weighted by atomic mass is 9.86. The number of aryl methyl sites for hydroxylation is 1. The van der Waals surface area contributed by atoms with Gasteiger partial charge in [0.2, 0.25) is 0 Å². The highest BCUT2D eigenvalue weighted by Gasteiger charge is 2.30. The number of hydrogen-bond donors (Lipinski definition) is 1. The number of fused-ring (bicyclic) bond motifs is 1. The highest BCUT2D eigenvalue weighted by molar-refractivity contribution is 5.92. The maximum Gasteiger partial charge on any atom is 0.416 e. The van der Waals surface area contributed by atoms with Crippen LogP contribution in [0.5, 0.6) is 0 Å². The number of aromatic nitrogens is 2. The summed E-state index contributed by atoms with van der Waals surface area (Å²) >= 11 is 0. The summed E-state index contributed by atoms with van der Waals surface area (Å²) < 4.78 is 44.7. The van der Waals surface area contributed by atoms with Crippen LogP contribution in [0, 0.1) is 12.8 Å². The predicted molar refractivity (Wildman–Crippen MR) is 130 cm³/mol. The fourth-order valence-corrected chi connectivity index (χ4v) is 4.40. The molecule has 1 aliphatic rings. The number of nitrogens with one attached hydrogen (secondary N) is 1. The highest BCUT2D eigenvalue weighted by Crippen LogP contribution is 2.35. The molecule has 2 atom stereocenters. The molecule has 184 valence electrons. The molecule has 1 heterocycles. The number of anilines is 1. The van der Waals surface area contributed by atoms with E-state index in [1.54, 1.807) is 19.9 Å². The molecule has 5 nitrogen and oxygen atoms in total. The van der Waals surface area contributed by atoms with Crippen LogP contribution >= 0.6 is 0 Å². The van der Waals surface area contributed by atoms with Crippen molar-refractivity contribution in [3.8, 4) is 0 Å². The van der Waals surface area contributed by atoms with E-state index in [0.29, 0.717) is 30.2 Å². The van der Waals surface area contributed by atoms with E-state index in [1.165, 1.54) is 6.07 Å². The number of alkyl halides is 3. The Kier molecular flexibility index (Phi) is 7.10. The van der Waals surface area contributed by atoms with Crippen LogP contribution in [0.15, 0.2) is 48.5 Å². The van der Waals surface area contributed by atoms with Crippen LogP contribution in [0.4, 0.5) is 19.0 Å². The number of ether oxygens (including phenoxy) is 1.